The molecule has 0 spiro atoms. The molecule has 0 aromatic carbocycles. The maximum atomic E-state index is 12.1. The van der Waals surface area contributed by atoms with Crippen LogP contribution in [-0.2, 0) is 9.59 Å². The van der Waals surface area contributed by atoms with Gasteiger partial charge in [0.1, 0.15) is 0 Å². The van der Waals surface area contributed by atoms with Crippen molar-refractivity contribution in [1.29, 1.82) is 0 Å². The molecule has 108 valence electrons. The van der Waals surface area contributed by atoms with E-state index >= 15 is 0 Å². The highest BCUT2D eigenvalue weighted by Crippen LogP contribution is 2.26. The Hall–Kier alpha value is -1.10. The fraction of sp³-hybridized carbons (Fsp3) is 0.857. The van der Waals surface area contributed by atoms with Gasteiger partial charge in [-0.3, -0.25) is 9.59 Å². The first-order valence-electron chi connectivity index (χ1n) is 7.29. The summed E-state index contributed by atoms with van der Waals surface area (Å²) in [7, 11) is 0. The van der Waals surface area contributed by atoms with Crippen molar-refractivity contribution in [2.24, 2.45) is 11.8 Å². The van der Waals surface area contributed by atoms with E-state index < -0.39 is 5.97 Å². The van der Waals surface area contributed by atoms with Gasteiger partial charge in [0.2, 0.25) is 5.91 Å². The highest BCUT2D eigenvalue weighted by molar-refractivity contribution is 5.78. The van der Waals surface area contributed by atoms with Gasteiger partial charge in [-0.15, -0.1) is 0 Å². The van der Waals surface area contributed by atoms with Crippen molar-refractivity contribution in [1.82, 2.24) is 10.2 Å². The summed E-state index contributed by atoms with van der Waals surface area (Å²) in [5.74, 6) is -0.107. The van der Waals surface area contributed by atoms with Crippen molar-refractivity contribution in [2.75, 3.05) is 19.6 Å². The van der Waals surface area contributed by atoms with E-state index in [2.05, 4.69) is 5.32 Å². The maximum Gasteiger partial charge on any atom is 0.303 e. The van der Waals surface area contributed by atoms with Gasteiger partial charge in [0.05, 0.1) is 6.54 Å². The zero-order valence-electron chi connectivity index (χ0n) is 11.6. The number of piperidine rings is 1. The fourth-order valence-electron chi connectivity index (χ4n) is 2.77. The van der Waals surface area contributed by atoms with E-state index in [-0.39, 0.29) is 18.2 Å². The Morgan fingerprint density at radius 2 is 2.11 bits per heavy atom. The van der Waals surface area contributed by atoms with Gasteiger partial charge < -0.3 is 15.3 Å². The zero-order valence-corrected chi connectivity index (χ0v) is 11.6. The van der Waals surface area contributed by atoms with Crippen LogP contribution in [0.1, 0.15) is 39.0 Å². The molecular formula is C14H24N2O3. The quantitative estimate of drug-likeness (QED) is 0.756. The van der Waals surface area contributed by atoms with Gasteiger partial charge in [0.15, 0.2) is 0 Å². The number of carbonyl (C=O) groups excluding carboxylic acids is 1. The van der Waals surface area contributed by atoms with E-state index in [1.54, 1.807) is 0 Å². The number of carboxylic acids is 1. The molecule has 5 heteroatoms. The number of carbonyl (C=O) groups is 2. The highest BCUT2D eigenvalue weighted by Gasteiger charge is 2.29. The van der Waals surface area contributed by atoms with Gasteiger partial charge >= 0.3 is 5.97 Å². The second-order valence-corrected chi connectivity index (χ2v) is 5.97. The lowest BCUT2D eigenvalue weighted by molar-refractivity contribution is -0.138. The summed E-state index contributed by atoms with van der Waals surface area (Å²) in [4.78, 5) is 24.7. The molecule has 2 fully saturated rings. The average molecular weight is 268 g/mol. The Labute approximate surface area is 114 Å². The normalized spacial score (nSPS) is 25.1. The van der Waals surface area contributed by atoms with Gasteiger partial charge in [-0.1, -0.05) is 6.92 Å². The third kappa shape index (κ3) is 4.49. The Kier molecular flexibility index (Phi) is 4.80. The number of aliphatic carboxylic acids is 1. The summed E-state index contributed by atoms with van der Waals surface area (Å²) in [6, 6.07) is 0.551. The van der Waals surface area contributed by atoms with Crippen molar-refractivity contribution >= 4 is 11.9 Å². The first-order chi connectivity index (χ1) is 9.06. The van der Waals surface area contributed by atoms with Crippen LogP contribution in [0.4, 0.5) is 0 Å². The molecule has 0 bridgehead atoms. The molecule has 2 aliphatic rings. The zero-order chi connectivity index (χ0) is 13.8. The van der Waals surface area contributed by atoms with Crippen LogP contribution < -0.4 is 5.32 Å². The molecule has 19 heavy (non-hydrogen) atoms. The minimum atomic E-state index is -0.744. The van der Waals surface area contributed by atoms with Crippen molar-refractivity contribution < 1.29 is 14.7 Å². The number of amides is 1. The minimum absolute atomic E-state index is 0.143. The number of hydrogen-bond acceptors (Lipinski definition) is 3. The maximum absolute atomic E-state index is 12.1. The van der Waals surface area contributed by atoms with Crippen LogP contribution in [0.15, 0.2) is 0 Å². The van der Waals surface area contributed by atoms with Crippen LogP contribution in [-0.4, -0.2) is 47.6 Å². The van der Waals surface area contributed by atoms with Crippen LogP contribution in [0.3, 0.4) is 0 Å². The lowest BCUT2D eigenvalue weighted by Gasteiger charge is -2.35. The summed E-state index contributed by atoms with van der Waals surface area (Å²) in [5, 5.41) is 12.1. The van der Waals surface area contributed by atoms with Crippen LogP contribution in [0.5, 0.6) is 0 Å². The minimum Gasteiger partial charge on any atom is -0.481 e. The monoisotopic (exact) mass is 268 g/mol. The first kappa shape index (κ1) is 14.3. The second kappa shape index (κ2) is 6.37. The molecule has 5 nitrogen and oxygen atoms in total. The Bertz CT molecular complexity index is 342. The largest absolute Gasteiger partial charge is 0.481 e. The first-order valence-corrected chi connectivity index (χ1v) is 7.29. The molecule has 1 heterocycles. The van der Waals surface area contributed by atoms with Crippen molar-refractivity contribution in [2.45, 2.75) is 45.1 Å². The van der Waals surface area contributed by atoms with E-state index in [1.165, 1.54) is 12.8 Å². The summed E-state index contributed by atoms with van der Waals surface area (Å²) in [5.41, 5.74) is 0. The van der Waals surface area contributed by atoms with Crippen molar-refractivity contribution in [3.05, 3.63) is 0 Å². The summed E-state index contributed by atoms with van der Waals surface area (Å²) < 4.78 is 0. The van der Waals surface area contributed by atoms with Gasteiger partial charge in [-0.25, -0.2) is 0 Å². The molecule has 0 radical (unpaired) electrons. The Morgan fingerprint density at radius 3 is 2.74 bits per heavy atom. The smallest absolute Gasteiger partial charge is 0.303 e. The van der Waals surface area contributed by atoms with E-state index in [4.69, 9.17) is 5.11 Å². The van der Waals surface area contributed by atoms with Gasteiger partial charge in [-0.2, -0.15) is 0 Å². The molecule has 2 rings (SSSR count). The summed E-state index contributed by atoms with van der Waals surface area (Å²) >= 11 is 0. The number of carboxylic acid groups (broad SMARTS) is 1. The van der Waals surface area contributed by atoms with E-state index in [0.717, 1.165) is 25.9 Å². The Balaban J connectivity index is 1.78. The molecule has 2 atom stereocenters. The molecule has 1 saturated heterocycles. The van der Waals surface area contributed by atoms with Crippen LogP contribution in [0.25, 0.3) is 0 Å². The predicted molar refractivity (Wildman–Crippen MR) is 71.7 cm³/mol. The number of nitrogens with zero attached hydrogens (tertiary/aromatic N) is 1. The van der Waals surface area contributed by atoms with Gasteiger partial charge in [0.25, 0.3) is 0 Å². The van der Waals surface area contributed by atoms with Crippen LogP contribution >= 0.6 is 0 Å². The Morgan fingerprint density at radius 1 is 1.37 bits per heavy atom. The molecule has 2 unspecified atom stereocenters. The van der Waals surface area contributed by atoms with Crippen molar-refractivity contribution in [3.63, 3.8) is 0 Å². The lowest BCUT2D eigenvalue weighted by Crippen LogP contribution is -2.45. The molecule has 1 saturated carbocycles. The third-order valence-corrected chi connectivity index (χ3v) is 4.23. The van der Waals surface area contributed by atoms with Crippen LogP contribution in [0.2, 0.25) is 0 Å². The van der Waals surface area contributed by atoms with Gasteiger partial charge in [0, 0.05) is 25.6 Å². The molecule has 1 aliphatic heterocycles. The van der Waals surface area contributed by atoms with Crippen molar-refractivity contribution in [3.8, 4) is 0 Å². The van der Waals surface area contributed by atoms with Crippen LogP contribution in [0, 0.1) is 11.8 Å². The number of hydrogen-bond donors (Lipinski definition) is 2. The van der Waals surface area contributed by atoms with E-state index in [9.17, 15) is 9.59 Å². The number of rotatable bonds is 6. The second-order valence-electron chi connectivity index (χ2n) is 5.97. The fourth-order valence-corrected chi connectivity index (χ4v) is 2.77. The number of likely N-dealkylation sites (tertiary alicyclic amines) is 1. The standard InChI is InChI=1S/C14H24N2O3/c1-10(7-14(18)19)11-3-2-6-16(9-11)13(17)8-15-12-4-5-12/h10-12,15H,2-9H2,1H3,(H,18,19). The van der Waals surface area contributed by atoms with E-state index in [0.29, 0.717) is 18.5 Å². The lowest BCUT2D eigenvalue weighted by atomic mass is 9.84. The topological polar surface area (TPSA) is 69.6 Å². The molecular weight excluding hydrogens is 244 g/mol. The highest BCUT2D eigenvalue weighted by atomic mass is 16.4. The predicted octanol–water partition coefficient (Wildman–Crippen LogP) is 1.09. The summed E-state index contributed by atoms with van der Waals surface area (Å²) in [6.45, 7) is 3.96. The molecule has 1 amide bonds. The van der Waals surface area contributed by atoms with E-state index in [1.807, 2.05) is 11.8 Å². The third-order valence-electron chi connectivity index (χ3n) is 4.23. The summed E-state index contributed by atoms with van der Waals surface area (Å²) in [6.07, 6.45) is 4.60. The SMILES string of the molecule is CC(CC(=O)O)C1CCCN(C(=O)CNC2CC2)C1. The molecule has 0 aromatic heterocycles. The van der Waals surface area contributed by atoms with Gasteiger partial charge in [-0.05, 0) is 37.5 Å². The average Bonchev–Trinajstić information content (AvgIpc) is 3.19. The molecule has 2 N–H and O–H groups in total. The molecule has 1 aliphatic carbocycles. The molecule has 0 aromatic rings. The number of nitrogens with one attached hydrogen (secondary N) is 1.